The van der Waals surface area contributed by atoms with E-state index in [1.54, 1.807) is 11.3 Å². The molecule has 2 aromatic rings. The largest absolute Gasteiger partial charge is 0.271 e. The maximum atomic E-state index is 5.70. The first-order valence-corrected chi connectivity index (χ1v) is 7.05. The van der Waals surface area contributed by atoms with Crippen LogP contribution < -0.4 is 11.3 Å². The lowest BCUT2D eigenvalue weighted by Gasteiger charge is -2.16. The number of thiophene rings is 1. The number of hydrogen-bond donors (Lipinski definition) is 2. The minimum atomic E-state index is 0.190. The SMILES string of the molecule is Cc1ccc(C)c(CC(NN)c2csc(C)c2)c1. The van der Waals surface area contributed by atoms with Crippen molar-refractivity contribution < 1.29 is 0 Å². The molecule has 0 fully saturated rings. The zero-order valence-corrected chi connectivity index (χ0v) is 12.0. The molecule has 0 aliphatic heterocycles. The van der Waals surface area contributed by atoms with Crippen molar-refractivity contribution >= 4 is 11.3 Å². The Bertz CT molecular complexity index is 531. The fourth-order valence-corrected chi connectivity index (χ4v) is 2.92. The summed E-state index contributed by atoms with van der Waals surface area (Å²) in [6.07, 6.45) is 0.931. The summed E-state index contributed by atoms with van der Waals surface area (Å²) in [6.45, 7) is 6.41. The van der Waals surface area contributed by atoms with E-state index in [-0.39, 0.29) is 6.04 Å². The van der Waals surface area contributed by atoms with Crippen molar-refractivity contribution in [1.29, 1.82) is 0 Å². The Hall–Kier alpha value is -1.16. The van der Waals surface area contributed by atoms with Gasteiger partial charge in [-0.1, -0.05) is 23.8 Å². The van der Waals surface area contributed by atoms with Crippen molar-refractivity contribution in [2.24, 2.45) is 5.84 Å². The number of aryl methyl sites for hydroxylation is 3. The van der Waals surface area contributed by atoms with Crippen LogP contribution in [-0.4, -0.2) is 0 Å². The minimum Gasteiger partial charge on any atom is -0.271 e. The van der Waals surface area contributed by atoms with Gasteiger partial charge in [0.1, 0.15) is 0 Å². The molecule has 3 N–H and O–H groups in total. The molecule has 0 aliphatic rings. The average molecular weight is 260 g/mol. The molecule has 0 spiro atoms. The number of hydrogen-bond acceptors (Lipinski definition) is 3. The third-order valence-corrected chi connectivity index (χ3v) is 4.16. The summed E-state index contributed by atoms with van der Waals surface area (Å²) < 4.78 is 0. The molecule has 1 aromatic carbocycles. The Kier molecular flexibility index (Phi) is 4.17. The van der Waals surface area contributed by atoms with E-state index in [1.807, 2.05) is 0 Å². The Balaban J connectivity index is 2.22. The molecule has 2 rings (SSSR count). The average Bonchev–Trinajstić information content (AvgIpc) is 2.77. The van der Waals surface area contributed by atoms with Gasteiger partial charge in [0, 0.05) is 4.88 Å². The maximum Gasteiger partial charge on any atom is 0.0508 e. The number of rotatable bonds is 4. The molecule has 0 radical (unpaired) electrons. The minimum absolute atomic E-state index is 0.190. The van der Waals surface area contributed by atoms with Gasteiger partial charge in [0.25, 0.3) is 0 Å². The van der Waals surface area contributed by atoms with Gasteiger partial charge in [-0.2, -0.15) is 0 Å². The molecule has 18 heavy (non-hydrogen) atoms. The van der Waals surface area contributed by atoms with Crippen LogP contribution in [0.25, 0.3) is 0 Å². The zero-order valence-electron chi connectivity index (χ0n) is 11.2. The highest BCUT2D eigenvalue weighted by atomic mass is 32.1. The van der Waals surface area contributed by atoms with Gasteiger partial charge >= 0.3 is 0 Å². The first-order valence-electron chi connectivity index (χ1n) is 6.17. The summed E-state index contributed by atoms with van der Waals surface area (Å²) in [5.41, 5.74) is 8.20. The topological polar surface area (TPSA) is 38.0 Å². The first kappa shape index (κ1) is 13.3. The fourth-order valence-electron chi connectivity index (χ4n) is 2.16. The maximum absolute atomic E-state index is 5.70. The third-order valence-electron chi connectivity index (χ3n) is 3.28. The van der Waals surface area contributed by atoms with Crippen LogP contribution in [0, 0.1) is 20.8 Å². The summed E-state index contributed by atoms with van der Waals surface area (Å²) in [5.74, 6) is 5.70. The van der Waals surface area contributed by atoms with E-state index >= 15 is 0 Å². The first-order chi connectivity index (χ1) is 8.60. The molecular formula is C15H20N2S. The molecule has 3 heteroatoms. The van der Waals surface area contributed by atoms with Gasteiger partial charge in [0.2, 0.25) is 0 Å². The Morgan fingerprint density at radius 1 is 1.22 bits per heavy atom. The number of nitrogens with one attached hydrogen (secondary N) is 1. The Morgan fingerprint density at radius 2 is 2.00 bits per heavy atom. The lowest BCUT2D eigenvalue weighted by molar-refractivity contribution is 0.552. The van der Waals surface area contributed by atoms with Crippen LogP contribution in [0.3, 0.4) is 0 Å². The molecule has 96 valence electrons. The standard InChI is InChI=1S/C15H20N2S/c1-10-4-5-11(2)13(6-10)8-15(17-16)14-7-12(3)18-9-14/h4-7,9,15,17H,8,16H2,1-3H3. The number of nitrogens with two attached hydrogens (primary N) is 1. The quantitative estimate of drug-likeness (QED) is 0.653. The van der Waals surface area contributed by atoms with E-state index in [2.05, 4.69) is 55.8 Å². The van der Waals surface area contributed by atoms with Crippen LogP contribution in [0.4, 0.5) is 0 Å². The highest BCUT2D eigenvalue weighted by Gasteiger charge is 2.13. The fraction of sp³-hybridized carbons (Fsp3) is 0.333. The second-order valence-corrected chi connectivity index (χ2v) is 5.96. The van der Waals surface area contributed by atoms with Gasteiger partial charge in [-0.05, 0) is 55.3 Å². The van der Waals surface area contributed by atoms with Crippen molar-refractivity contribution in [1.82, 2.24) is 5.43 Å². The molecule has 1 aromatic heterocycles. The van der Waals surface area contributed by atoms with Crippen LogP contribution in [0.2, 0.25) is 0 Å². The third kappa shape index (κ3) is 2.99. The van der Waals surface area contributed by atoms with Gasteiger partial charge in [-0.15, -0.1) is 11.3 Å². The summed E-state index contributed by atoms with van der Waals surface area (Å²) >= 11 is 1.77. The Labute approximate surface area is 113 Å². The lowest BCUT2D eigenvalue weighted by Crippen LogP contribution is -2.29. The molecule has 1 atom stereocenters. The summed E-state index contributed by atoms with van der Waals surface area (Å²) in [5, 5.41) is 2.19. The van der Waals surface area contributed by atoms with Crippen molar-refractivity contribution in [2.45, 2.75) is 33.2 Å². The van der Waals surface area contributed by atoms with Gasteiger partial charge in [-0.25, -0.2) is 0 Å². The van der Waals surface area contributed by atoms with E-state index in [0.29, 0.717) is 0 Å². The van der Waals surface area contributed by atoms with Gasteiger partial charge in [-0.3, -0.25) is 11.3 Å². The smallest absolute Gasteiger partial charge is 0.0508 e. The molecular weight excluding hydrogens is 240 g/mol. The van der Waals surface area contributed by atoms with Crippen LogP contribution in [0.15, 0.2) is 29.6 Å². The van der Waals surface area contributed by atoms with Crippen molar-refractivity contribution in [3.05, 3.63) is 56.8 Å². The second kappa shape index (κ2) is 5.65. The molecule has 1 heterocycles. The highest BCUT2D eigenvalue weighted by molar-refractivity contribution is 7.10. The van der Waals surface area contributed by atoms with Gasteiger partial charge in [0.05, 0.1) is 6.04 Å². The van der Waals surface area contributed by atoms with Crippen LogP contribution in [-0.2, 0) is 6.42 Å². The molecule has 0 saturated carbocycles. The van der Waals surface area contributed by atoms with Crippen LogP contribution in [0.5, 0.6) is 0 Å². The van der Waals surface area contributed by atoms with E-state index in [1.165, 1.54) is 27.1 Å². The number of benzene rings is 1. The zero-order chi connectivity index (χ0) is 13.1. The normalized spacial score (nSPS) is 12.7. The monoisotopic (exact) mass is 260 g/mol. The molecule has 1 unspecified atom stereocenters. The lowest BCUT2D eigenvalue weighted by atomic mass is 9.96. The van der Waals surface area contributed by atoms with Crippen molar-refractivity contribution in [2.75, 3.05) is 0 Å². The van der Waals surface area contributed by atoms with Crippen molar-refractivity contribution in [3.63, 3.8) is 0 Å². The van der Waals surface area contributed by atoms with E-state index in [0.717, 1.165) is 6.42 Å². The Morgan fingerprint density at radius 3 is 2.61 bits per heavy atom. The van der Waals surface area contributed by atoms with Crippen LogP contribution in [0.1, 0.15) is 33.2 Å². The van der Waals surface area contributed by atoms with E-state index < -0.39 is 0 Å². The summed E-state index contributed by atoms with van der Waals surface area (Å²) in [6, 6.07) is 8.98. The molecule has 0 amide bonds. The molecule has 0 bridgehead atoms. The summed E-state index contributed by atoms with van der Waals surface area (Å²) in [4.78, 5) is 1.33. The number of hydrazine groups is 1. The van der Waals surface area contributed by atoms with E-state index in [9.17, 15) is 0 Å². The van der Waals surface area contributed by atoms with Crippen LogP contribution >= 0.6 is 11.3 Å². The molecule has 2 nitrogen and oxygen atoms in total. The van der Waals surface area contributed by atoms with E-state index in [4.69, 9.17) is 5.84 Å². The molecule has 0 aliphatic carbocycles. The predicted octanol–water partition coefficient (Wildman–Crippen LogP) is 3.42. The van der Waals surface area contributed by atoms with Gasteiger partial charge < -0.3 is 0 Å². The molecule has 0 saturated heterocycles. The van der Waals surface area contributed by atoms with Crippen molar-refractivity contribution in [3.8, 4) is 0 Å². The second-order valence-electron chi connectivity index (χ2n) is 4.84. The highest BCUT2D eigenvalue weighted by Crippen LogP contribution is 2.24. The van der Waals surface area contributed by atoms with Gasteiger partial charge in [0.15, 0.2) is 0 Å². The predicted molar refractivity (Wildman–Crippen MR) is 78.7 cm³/mol. The summed E-state index contributed by atoms with van der Waals surface area (Å²) in [7, 11) is 0.